The van der Waals surface area contributed by atoms with Crippen LogP contribution >= 0.6 is 39.0 Å². The van der Waals surface area contributed by atoms with Crippen molar-refractivity contribution in [2.75, 3.05) is 0 Å². The van der Waals surface area contributed by atoms with E-state index in [1.54, 1.807) is 36.4 Å². The predicted molar refractivity (Wildman–Crippen MR) is 115 cm³/mol. The number of hydrogen-bond donors (Lipinski definition) is 0. The number of rotatable bonds is 6. The van der Waals surface area contributed by atoms with Crippen molar-refractivity contribution < 1.29 is 17.2 Å². The van der Waals surface area contributed by atoms with Gasteiger partial charge in [-0.1, -0.05) is 52.0 Å². The molecule has 2 heterocycles. The first-order chi connectivity index (χ1) is 13.9. The number of thiophene rings is 1. The van der Waals surface area contributed by atoms with Crippen molar-refractivity contribution in [3.8, 4) is 10.8 Å². The van der Waals surface area contributed by atoms with E-state index >= 15 is 0 Å². The van der Waals surface area contributed by atoms with Gasteiger partial charge in [-0.25, -0.2) is 12.8 Å². The summed E-state index contributed by atoms with van der Waals surface area (Å²) in [5, 5.41) is 1.83. The molecule has 0 aliphatic carbocycles. The van der Waals surface area contributed by atoms with Gasteiger partial charge in [-0.3, -0.25) is 0 Å². The van der Waals surface area contributed by atoms with Gasteiger partial charge in [-0.2, -0.15) is 4.98 Å². The lowest BCUT2D eigenvalue weighted by molar-refractivity contribution is 0.471. The second kappa shape index (κ2) is 8.43. The Bertz CT molecular complexity index is 1240. The van der Waals surface area contributed by atoms with Crippen molar-refractivity contribution in [2.24, 2.45) is 0 Å². The van der Waals surface area contributed by atoms with Gasteiger partial charge in [0.2, 0.25) is 25.8 Å². The number of thioether (sulfide) groups is 1. The van der Waals surface area contributed by atoms with Crippen LogP contribution in [0.1, 0.15) is 5.56 Å². The number of aromatic nitrogens is 1. The van der Waals surface area contributed by atoms with E-state index in [4.69, 9.17) is 4.42 Å². The maximum absolute atomic E-state index is 14.0. The predicted octanol–water partition coefficient (Wildman–Crippen LogP) is 6.43. The van der Waals surface area contributed by atoms with E-state index in [1.807, 2.05) is 11.4 Å². The van der Waals surface area contributed by atoms with Crippen LogP contribution in [0.4, 0.5) is 4.39 Å². The van der Waals surface area contributed by atoms with Gasteiger partial charge in [0.05, 0.1) is 9.77 Å². The first kappa shape index (κ1) is 20.3. The quantitative estimate of drug-likeness (QED) is 0.280. The fraction of sp³-hybridized carbons (Fsp3) is 0.0500. The van der Waals surface area contributed by atoms with Gasteiger partial charge in [0.15, 0.2) is 0 Å². The summed E-state index contributed by atoms with van der Waals surface area (Å²) < 4.78 is 47.0. The van der Waals surface area contributed by atoms with Gasteiger partial charge in [0, 0.05) is 10.2 Å². The van der Waals surface area contributed by atoms with Gasteiger partial charge in [0.25, 0.3) is 0 Å². The third-order valence-electron chi connectivity index (χ3n) is 3.99. The van der Waals surface area contributed by atoms with Crippen LogP contribution < -0.4 is 0 Å². The van der Waals surface area contributed by atoms with Crippen molar-refractivity contribution >= 4 is 48.9 Å². The molecule has 4 aromatic rings. The number of halogens is 2. The normalized spacial score (nSPS) is 11.7. The van der Waals surface area contributed by atoms with E-state index in [9.17, 15) is 12.8 Å². The minimum absolute atomic E-state index is 0.111. The highest BCUT2D eigenvalue weighted by Crippen LogP contribution is 2.37. The van der Waals surface area contributed by atoms with Crippen molar-refractivity contribution in [1.82, 2.24) is 4.98 Å². The molecule has 0 radical (unpaired) electrons. The summed E-state index contributed by atoms with van der Waals surface area (Å²) in [6.07, 6.45) is 0. The molecule has 0 bridgehead atoms. The summed E-state index contributed by atoms with van der Waals surface area (Å²) in [6, 6.07) is 16.3. The monoisotopic (exact) mass is 509 g/mol. The van der Waals surface area contributed by atoms with E-state index in [2.05, 4.69) is 20.9 Å². The smallest absolute Gasteiger partial charge is 0.238 e. The highest BCUT2D eigenvalue weighted by molar-refractivity contribution is 9.10. The first-order valence-corrected chi connectivity index (χ1v) is 12.5. The fourth-order valence-electron chi connectivity index (χ4n) is 2.54. The maximum atomic E-state index is 14.0. The number of nitrogens with zero attached hydrogens (tertiary/aromatic N) is 1. The van der Waals surface area contributed by atoms with E-state index in [0.29, 0.717) is 5.56 Å². The summed E-state index contributed by atoms with van der Waals surface area (Å²) in [4.78, 5) is 5.12. The Hall–Kier alpha value is -1.94. The topological polar surface area (TPSA) is 60.2 Å². The molecule has 2 aromatic carbocycles. The molecular weight excluding hydrogens is 497 g/mol. The summed E-state index contributed by atoms with van der Waals surface area (Å²) in [5.74, 6) is 0.0938. The maximum Gasteiger partial charge on any atom is 0.238 e. The van der Waals surface area contributed by atoms with Crippen LogP contribution in [0, 0.1) is 5.82 Å². The third-order valence-corrected chi connectivity index (χ3v) is 8.18. The van der Waals surface area contributed by atoms with Crippen molar-refractivity contribution in [1.29, 1.82) is 0 Å². The number of hydrogen-bond acceptors (Lipinski definition) is 6. The van der Waals surface area contributed by atoms with Crippen LogP contribution in [-0.2, 0) is 15.6 Å². The average molecular weight is 510 g/mol. The number of oxazole rings is 1. The van der Waals surface area contributed by atoms with E-state index < -0.39 is 9.84 Å². The lowest BCUT2D eigenvalue weighted by Gasteiger charge is -2.04. The van der Waals surface area contributed by atoms with Crippen molar-refractivity contribution in [3.63, 3.8) is 0 Å². The van der Waals surface area contributed by atoms with E-state index in [-0.39, 0.29) is 32.5 Å². The first-order valence-electron chi connectivity index (χ1n) is 8.37. The highest BCUT2D eigenvalue weighted by Gasteiger charge is 2.29. The average Bonchev–Trinajstić information content (AvgIpc) is 3.38. The highest BCUT2D eigenvalue weighted by atomic mass is 79.9. The Labute approximate surface area is 183 Å². The summed E-state index contributed by atoms with van der Waals surface area (Å²) >= 11 is 5.80. The zero-order chi connectivity index (χ0) is 20.4. The molecule has 29 heavy (non-hydrogen) atoms. The molecule has 148 valence electrons. The lowest BCUT2D eigenvalue weighted by Crippen LogP contribution is -2.04. The van der Waals surface area contributed by atoms with Crippen LogP contribution in [0.5, 0.6) is 0 Å². The molecule has 0 saturated carbocycles. The third kappa shape index (κ3) is 4.32. The molecule has 4 nitrogen and oxygen atoms in total. The SMILES string of the molecule is O=S(=O)(c1ccc(Br)cc1)c1nc(-c2cccs2)oc1SCc1ccccc1F. The molecule has 0 unspecified atom stereocenters. The van der Waals surface area contributed by atoms with E-state index in [1.165, 1.54) is 29.5 Å². The summed E-state index contributed by atoms with van der Waals surface area (Å²) in [6.45, 7) is 0. The molecule has 0 amide bonds. The van der Waals surface area contributed by atoms with Crippen LogP contribution in [0.2, 0.25) is 0 Å². The van der Waals surface area contributed by atoms with Gasteiger partial charge < -0.3 is 4.42 Å². The van der Waals surface area contributed by atoms with Gasteiger partial charge >= 0.3 is 0 Å². The zero-order valence-electron chi connectivity index (χ0n) is 14.7. The number of benzene rings is 2. The molecule has 0 aliphatic heterocycles. The Morgan fingerprint density at radius 2 is 1.83 bits per heavy atom. The standard InChI is InChI=1S/C20H13BrFNO3S3/c21-14-7-9-15(10-8-14)29(24,25)19-20(26-18(23-19)17-6-3-11-27-17)28-12-13-4-1-2-5-16(13)22/h1-11H,12H2. The fourth-order valence-corrected chi connectivity index (χ4v) is 5.97. The van der Waals surface area contributed by atoms with Crippen molar-refractivity contribution in [2.45, 2.75) is 20.8 Å². The molecule has 0 atom stereocenters. The Balaban J connectivity index is 1.75. The minimum atomic E-state index is -3.91. The van der Waals surface area contributed by atoms with Crippen LogP contribution in [-0.4, -0.2) is 13.4 Å². The Morgan fingerprint density at radius 1 is 1.07 bits per heavy atom. The van der Waals surface area contributed by atoms with Gasteiger partial charge in [0.1, 0.15) is 5.82 Å². The van der Waals surface area contributed by atoms with Crippen LogP contribution in [0.3, 0.4) is 0 Å². The molecule has 0 spiro atoms. The molecule has 0 saturated heterocycles. The minimum Gasteiger partial charge on any atom is -0.428 e. The molecule has 0 fully saturated rings. The molecule has 0 aliphatic rings. The molecular formula is C20H13BrFNO3S3. The second-order valence-corrected chi connectivity index (χ2v) is 10.6. The van der Waals surface area contributed by atoms with E-state index in [0.717, 1.165) is 21.1 Å². The Kier molecular flexibility index (Phi) is 5.91. The number of sulfone groups is 1. The summed E-state index contributed by atoms with van der Waals surface area (Å²) in [5.41, 5.74) is 0.457. The molecule has 9 heteroatoms. The van der Waals surface area contributed by atoms with Crippen molar-refractivity contribution in [3.05, 3.63) is 81.9 Å². The lowest BCUT2D eigenvalue weighted by atomic mass is 10.2. The zero-order valence-corrected chi connectivity index (χ0v) is 18.7. The van der Waals surface area contributed by atoms with Gasteiger partial charge in [-0.05, 0) is 47.3 Å². The largest absolute Gasteiger partial charge is 0.428 e. The summed E-state index contributed by atoms with van der Waals surface area (Å²) in [7, 11) is -3.91. The molecule has 4 rings (SSSR count). The Morgan fingerprint density at radius 3 is 2.52 bits per heavy atom. The second-order valence-electron chi connectivity index (χ2n) is 5.93. The van der Waals surface area contributed by atoms with Gasteiger partial charge in [-0.15, -0.1) is 11.3 Å². The molecule has 0 N–H and O–H groups in total. The van der Waals surface area contributed by atoms with Crippen LogP contribution in [0.25, 0.3) is 10.8 Å². The van der Waals surface area contributed by atoms with Crippen LogP contribution in [0.15, 0.2) is 89.9 Å². The molecule has 2 aromatic heterocycles.